The van der Waals surface area contributed by atoms with E-state index in [2.05, 4.69) is 9.98 Å². The summed E-state index contributed by atoms with van der Waals surface area (Å²) in [4.78, 5) is 17.3. The monoisotopic (exact) mass is 178 g/mol. The fraction of sp³-hybridized carbons (Fsp3) is 0.333. The van der Waals surface area contributed by atoms with Crippen LogP contribution in [0, 0.1) is 5.95 Å². The van der Waals surface area contributed by atoms with Crippen LogP contribution in [0.25, 0.3) is 0 Å². The maximum Gasteiger partial charge on any atom is 0.235 e. The molecule has 0 saturated heterocycles. The molecule has 1 aromatic rings. The summed E-state index contributed by atoms with van der Waals surface area (Å²) in [5, 5.41) is 0. The van der Waals surface area contributed by atoms with Gasteiger partial charge >= 0.3 is 0 Å². The molecule has 0 radical (unpaired) electrons. The van der Waals surface area contributed by atoms with Gasteiger partial charge in [0.2, 0.25) is 12.0 Å². The molecule has 1 heterocycles. The molecule has 1 fully saturated rings. The lowest BCUT2D eigenvalue weighted by Gasteiger charge is -2.05. The van der Waals surface area contributed by atoms with Crippen LogP contribution in [0.3, 0.4) is 0 Å². The Balaban J connectivity index is 2.35. The van der Waals surface area contributed by atoms with Crippen LogP contribution in [-0.2, 0) is 10.3 Å². The third-order valence-corrected chi connectivity index (χ3v) is 2.25. The van der Waals surface area contributed by atoms with Crippen molar-refractivity contribution in [3.8, 4) is 0 Å². The van der Waals surface area contributed by atoms with Crippen molar-refractivity contribution in [1.82, 2.24) is 4.98 Å². The Morgan fingerprint density at radius 1 is 1.54 bits per heavy atom. The highest BCUT2D eigenvalue weighted by Crippen LogP contribution is 2.48. The normalized spacial score (nSPS) is 17.6. The van der Waals surface area contributed by atoms with Crippen molar-refractivity contribution in [2.75, 3.05) is 0 Å². The Labute approximate surface area is 74.3 Å². The number of halogens is 1. The van der Waals surface area contributed by atoms with Gasteiger partial charge in [-0.3, -0.25) is 0 Å². The van der Waals surface area contributed by atoms with Crippen molar-refractivity contribution >= 4 is 6.08 Å². The molecule has 0 bridgehead atoms. The highest BCUT2D eigenvalue weighted by Gasteiger charge is 2.45. The molecule has 0 aromatic carbocycles. The number of hydrogen-bond donors (Lipinski definition) is 0. The first-order valence-electron chi connectivity index (χ1n) is 3.98. The molecule has 66 valence electrons. The summed E-state index contributed by atoms with van der Waals surface area (Å²) in [5.41, 5.74) is 0.347. The Hall–Kier alpha value is -1.54. The van der Waals surface area contributed by atoms with Crippen LogP contribution in [-0.4, -0.2) is 11.1 Å². The van der Waals surface area contributed by atoms with Gasteiger partial charge in [-0.05, 0) is 24.5 Å². The zero-order valence-electron chi connectivity index (χ0n) is 6.83. The molecule has 4 heteroatoms. The number of pyridine rings is 1. The third-order valence-electron chi connectivity index (χ3n) is 2.25. The minimum atomic E-state index is -0.519. The van der Waals surface area contributed by atoms with Crippen LogP contribution in [0.15, 0.2) is 23.3 Å². The average Bonchev–Trinajstić information content (AvgIpc) is 2.87. The minimum Gasteiger partial charge on any atom is -0.228 e. The standard InChI is InChI=1S/C9H7FN2O/c10-8-2-1-7(5-11-8)9(3-4-9)12-6-13/h1-2,5H,3-4H2. The van der Waals surface area contributed by atoms with Gasteiger partial charge in [-0.2, -0.15) is 9.38 Å². The Morgan fingerprint density at radius 3 is 2.77 bits per heavy atom. The molecule has 1 aliphatic carbocycles. The van der Waals surface area contributed by atoms with Gasteiger partial charge in [0.05, 0.1) is 5.54 Å². The quantitative estimate of drug-likeness (QED) is 0.391. The lowest BCUT2D eigenvalue weighted by Crippen LogP contribution is -2.02. The molecule has 13 heavy (non-hydrogen) atoms. The van der Waals surface area contributed by atoms with Crippen molar-refractivity contribution in [2.45, 2.75) is 18.4 Å². The minimum absolute atomic E-state index is 0.442. The zero-order valence-corrected chi connectivity index (χ0v) is 6.83. The van der Waals surface area contributed by atoms with Gasteiger partial charge in [0.1, 0.15) is 0 Å². The number of nitrogens with zero attached hydrogens (tertiary/aromatic N) is 2. The summed E-state index contributed by atoms with van der Waals surface area (Å²) in [6.45, 7) is 0. The first kappa shape index (κ1) is 8.08. The fourth-order valence-corrected chi connectivity index (χ4v) is 1.32. The highest BCUT2D eigenvalue weighted by atomic mass is 19.1. The number of carbonyl (C=O) groups excluding carboxylic acids is 1. The summed E-state index contributed by atoms with van der Waals surface area (Å²) < 4.78 is 12.5. The lowest BCUT2D eigenvalue weighted by molar-refractivity contribution is 0.555. The second kappa shape index (κ2) is 2.75. The molecule has 0 unspecified atom stereocenters. The molecule has 0 atom stereocenters. The second-order valence-electron chi connectivity index (χ2n) is 3.10. The molecule has 0 aliphatic heterocycles. The SMILES string of the molecule is O=C=NC1(c2ccc(F)nc2)CC1. The third kappa shape index (κ3) is 1.36. The van der Waals surface area contributed by atoms with Gasteiger partial charge in [-0.15, -0.1) is 0 Å². The molecule has 1 aromatic heterocycles. The van der Waals surface area contributed by atoms with Crippen LogP contribution in [0.4, 0.5) is 4.39 Å². The van der Waals surface area contributed by atoms with Crippen molar-refractivity contribution in [1.29, 1.82) is 0 Å². The van der Waals surface area contributed by atoms with E-state index in [-0.39, 0.29) is 0 Å². The van der Waals surface area contributed by atoms with Gasteiger partial charge in [0, 0.05) is 6.20 Å². The molecule has 0 amide bonds. The van der Waals surface area contributed by atoms with Gasteiger partial charge < -0.3 is 0 Å². The van der Waals surface area contributed by atoms with E-state index in [0.717, 1.165) is 18.4 Å². The van der Waals surface area contributed by atoms with E-state index in [4.69, 9.17) is 0 Å². The first-order valence-corrected chi connectivity index (χ1v) is 3.98. The Bertz CT molecular complexity index is 364. The highest BCUT2D eigenvalue weighted by molar-refractivity contribution is 5.40. The van der Waals surface area contributed by atoms with E-state index in [9.17, 15) is 9.18 Å². The summed E-state index contributed by atoms with van der Waals surface area (Å²) in [6.07, 6.45) is 4.59. The first-order chi connectivity index (χ1) is 6.27. The number of isocyanates is 1. The molecule has 0 N–H and O–H groups in total. The number of aromatic nitrogens is 1. The van der Waals surface area contributed by atoms with E-state index < -0.39 is 11.5 Å². The van der Waals surface area contributed by atoms with Crippen LogP contribution in [0.5, 0.6) is 0 Å². The number of rotatable bonds is 2. The Morgan fingerprint density at radius 2 is 2.31 bits per heavy atom. The predicted octanol–water partition coefficient (Wildman–Crippen LogP) is 1.55. The molecule has 3 nitrogen and oxygen atoms in total. The summed E-state index contributed by atoms with van der Waals surface area (Å²) in [6, 6.07) is 2.88. The molecule has 1 saturated carbocycles. The number of hydrogen-bond acceptors (Lipinski definition) is 3. The molecule has 0 spiro atoms. The second-order valence-corrected chi connectivity index (χ2v) is 3.10. The van der Waals surface area contributed by atoms with E-state index in [1.165, 1.54) is 18.3 Å². The zero-order chi connectivity index (χ0) is 9.31. The topological polar surface area (TPSA) is 42.3 Å². The summed E-state index contributed by atoms with van der Waals surface area (Å²) in [5.74, 6) is -0.519. The molecular formula is C9H7FN2O. The summed E-state index contributed by atoms with van der Waals surface area (Å²) >= 11 is 0. The van der Waals surface area contributed by atoms with Crippen molar-refractivity contribution in [3.63, 3.8) is 0 Å². The number of aliphatic imine (C=N–C) groups is 1. The van der Waals surface area contributed by atoms with Crippen LogP contribution in [0.1, 0.15) is 18.4 Å². The largest absolute Gasteiger partial charge is 0.235 e. The van der Waals surface area contributed by atoms with E-state index in [0.29, 0.717) is 0 Å². The predicted molar refractivity (Wildman–Crippen MR) is 43.2 cm³/mol. The van der Waals surface area contributed by atoms with Gasteiger partial charge in [-0.1, -0.05) is 6.07 Å². The van der Waals surface area contributed by atoms with Gasteiger partial charge in [0.15, 0.2) is 0 Å². The van der Waals surface area contributed by atoms with E-state index >= 15 is 0 Å². The average molecular weight is 178 g/mol. The van der Waals surface area contributed by atoms with Crippen molar-refractivity contribution in [3.05, 3.63) is 29.8 Å². The van der Waals surface area contributed by atoms with Crippen LogP contribution < -0.4 is 0 Å². The maximum absolute atomic E-state index is 12.5. The van der Waals surface area contributed by atoms with Gasteiger partial charge in [0.25, 0.3) is 0 Å². The summed E-state index contributed by atoms with van der Waals surface area (Å²) in [7, 11) is 0. The van der Waals surface area contributed by atoms with Crippen molar-refractivity contribution in [2.24, 2.45) is 4.99 Å². The Kier molecular flexibility index (Phi) is 1.71. The lowest BCUT2D eigenvalue weighted by atomic mass is 10.1. The molecule has 1 aliphatic rings. The van der Waals surface area contributed by atoms with Gasteiger partial charge in [-0.25, -0.2) is 9.78 Å². The fourth-order valence-electron chi connectivity index (χ4n) is 1.32. The van der Waals surface area contributed by atoms with Crippen molar-refractivity contribution < 1.29 is 9.18 Å². The van der Waals surface area contributed by atoms with Crippen LogP contribution in [0.2, 0.25) is 0 Å². The maximum atomic E-state index is 12.5. The molecular weight excluding hydrogens is 171 g/mol. The smallest absolute Gasteiger partial charge is 0.228 e. The van der Waals surface area contributed by atoms with E-state index in [1.54, 1.807) is 6.07 Å². The van der Waals surface area contributed by atoms with Crippen LogP contribution >= 0.6 is 0 Å². The van der Waals surface area contributed by atoms with E-state index in [1.807, 2.05) is 0 Å². The molecule has 2 rings (SSSR count).